The topological polar surface area (TPSA) is 145 Å². The van der Waals surface area contributed by atoms with Gasteiger partial charge >= 0.3 is 5.97 Å². The number of furan rings is 1. The molecule has 1 atom stereocenters. The Morgan fingerprint density at radius 2 is 1.86 bits per heavy atom. The van der Waals surface area contributed by atoms with Crippen LogP contribution in [0, 0.1) is 10.1 Å². The van der Waals surface area contributed by atoms with Crippen molar-refractivity contribution in [2.75, 3.05) is 27.9 Å². The number of aromatic nitrogens is 1. The van der Waals surface area contributed by atoms with E-state index in [9.17, 15) is 19.7 Å². The molecule has 43 heavy (non-hydrogen) atoms. The Kier molecular flexibility index (Phi) is 8.17. The SMILES string of the molecule is CCOC(=O)C1=C(C)N=c2s/c(=C\c3ccc(-c4ccc(OC)cc4[N+](=O)[O-])o3)c(=O)n2[C@@H]1c1ccc(OC)c(OC)c1. The van der Waals surface area contributed by atoms with Crippen molar-refractivity contribution in [1.82, 2.24) is 4.57 Å². The van der Waals surface area contributed by atoms with Crippen LogP contribution in [0.3, 0.4) is 0 Å². The van der Waals surface area contributed by atoms with Gasteiger partial charge in [-0.1, -0.05) is 17.4 Å². The number of fused-ring (bicyclic) bond motifs is 1. The number of thiazole rings is 1. The molecule has 0 aliphatic carbocycles. The fraction of sp³-hybridized carbons (Fsp3) is 0.233. The molecular weight excluding hydrogens is 578 g/mol. The molecule has 5 rings (SSSR count). The van der Waals surface area contributed by atoms with Gasteiger partial charge in [-0.15, -0.1) is 0 Å². The largest absolute Gasteiger partial charge is 0.497 e. The first-order valence-electron chi connectivity index (χ1n) is 13.0. The zero-order valence-electron chi connectivity index (χ0n) is 23.9. The van der Waals surface area contributed by atoms with E-state index in [4.69, 9.17) is 23.4 Å². The van der Waals surface area contributed by atoms with Crippen molar-refractivity contribution in [2.24, 2.45) is 4.99 Å². The highest BCUT2D eigenvalue weighted by Gasteiger charge is 2.34. The summed E-state index contributed by atoms with van der Waals surface area (Å²) in [6.07, 6.45) is 1.54. The molecule has 4 aromatic rings. The van der Waals surface area contributed by atoms with Crippen molar-refractivity contribution in [1.29, 1.82) is 0 Å². The van der Waals surface area contributed by atoms with Gasteiger partial charge < -0.3 is 23.4 Å². The standard InChI is InChI=1S/C30H27N3O9S/c1-6-41-29(35)26-16(2)31-30-32(27(26)17-7-11-23(39-4)24(13-17)40-5)28(34)25(43-30)15-19-9-12-22(42-19)20-10-8-18(38-3)14-21(20)33(36)37/h7-15,27H,6H2,1-5H3/b25-15-/t27-/m1/s1. The first-order valence-corrected chi connectivity index (χ1v) is 13.9. The lowest BCUT2D eigenvalue weighted by molar-refractivity contribution is -0.384. The van der Waals surface area contributed by atoms with Crippen LogP contribution in [0.1, 0.15) is 31.2 Å². The fourth-order valence-corrected chi connectivity index (χ4v) is 5.86. The molecule has 0 fully saturated rings. The van der Waals surface area contributed by atoms with E-state index in [0.29, 0.717) is 39.1 Å². The maximum atomic E-state index is 13.9. The van der Waals surface area contributed by atoms with Crippen LogP contribution < -0.4 is 29.1 Å². The molecule has 222 valence electrons. The van der Waals surface area contributed by atoms with Crippen molar-refractivity contribution in [3.8, 4) is 28.6 Å². The number of methoxy groups -OCH3 is 3. The summed E-state index contributed by atoms with van der Waals surface area (Å²) < 4.78 is 28.9. The van der Waals surface area contributed by atoms with Gasteiger partial charge in [0.15, 0.2) is 16.3 Å². The third-order valence-electron chi connectivity index (χ3n) is 6.81. The molecule has 0 saturated heterocycles. The molecule has 0 radical (unpaired) electrons. The molecule has 0 spiro atoms. The second-order valence-corrected chi connectivity index (χ2v) is 10.3. The number of benzene rings is 2. The van der Waals surface area contributed by atoms with E-state index < -0.39 is 22.5 Å². The quantitative estimate of drug-likeness (QED) is 0.157. The van der Waals surface area contributed by atoms with Crippen molar-refractivity contribution in [2.45, 2.75) is 19.9 Å². The monoisotopic (exact) mass is 605 g/mol. The Morgan fingerprint density at radius 1 is 1.09 bits per heavy atom. The Morgan fingerprint density at radius 3 is 2.53 bits per heavy atom. The van der Waals surface area contributed by atoms with Crippen LogP contribution in [-0.4, -0.2) is 43.4 Å². The van der Waals surface area contributed by atoms with Gasteiger partial charge in [-0.2, -0.15) is 0 Å². The number of nitrogens with zero attached hydrogens (tertiary/aromatic N) is 3. The van der Waals surface area contributed by atoms with E-state index in [1.54, 1.807) is 50.2 Å². The molecule has 3 heterocycles. The third-order valence-corrected chi connectivity index (χ3v) is 7.79. The number of allylic oxidation sites excluding steroid dienone is 1. The van der Waals surface area contributed by atoms with Crippen molar-refractivity contribution in [3.63, 3.8) is 0 Å². The second kappa shape index (κ2) is 12.0. The first kappa shape index (κ1) is 29.3. The van der Waals surface area contributed by atoms with Crippen molar-refractivity contribution >= 4 is 29.1 Å². The average molecular weight is 606 g/mol. The van der Waals surface area contributed by atoms with Gasteiger partial charge in [0.05, 0.1) is 66.3 Å². The van der Waals surface area contributed by atoms with E-state index in [-0.39, 0.29) is 33.7 Å². The van der Waals surface area contributed by atoms with Gasteiger partial charge in [0.2, 0.25) is 0 Å². The Hall–Kier alpha value is -5.17. The Bertz CT molecular complexity index is 1950. The average Bonchev–Trinajstić information content (AvgIpc) is 3.59. The second-order valence-electron chi connectivity index (χ2n) is 9.26. The molecule has 13 heteroatoms. The Balaban J connectivity index is 1.64. The lowest BCUT2D eigenvalue weighted by atomic mass is 9.95. The van der Waals surface area contributed by atoms with Crippen LogP contribution >= 0.6 is 11.3 Å². The van der Waals surface area contributed by atoms with E-state index >= 15 is 0 Å². The van der Waals surface area contributed by atoms with Gasteiger partial charge in [0.1, 0.15) is 17.3 Å². The third kappa shape index (κ3) is 5.42. The number of nitro benzene ring substituents is 1. The fourth-order valence-electron chi connectivity index (χ4n) is 4.83. The molecule has 0 amide bonds. The minimum absolute atomic E-state index is 0.145. The number of esters is 1. The molecule has 1 aliphatic rings. The van der Waals surface area contributed by atoms with Crippen LogP contribution in [0.25, 0.3) is 17.4 Å². The van der Waals surface area contributed by atoms with Gasteiger partial charge in [0, 0.05) is 6.08 Å². The van der Waals surface area contributed by atoms with Crippen molar-refractivity contribution < 1.29 is 33.1 Å². The van der Waals surface area contributed by atoms with Crippen LogP contribution in [0.15, 0.2) is 74.0 Å². The number of hydrogen-bond donors (Lipinski definition) is 0. The smallest absolute Gasteiger partial charge is 0.338 e. The lowest BCUT2D eigenvalue weighted by Gasteiger charge is -2.25. The molecule has 0 saturated carbocycles. The number of rotatable bonds is 9. The van der Waals surface area contributed by atoms with Gasteiger partial charge in [0.25, 0.3) is 11.2 Å². The summed E-state index contributed by atoms with van der Waals surface area (Å²) in [5.41, 5.74) is 0.894. The molecule has 0 N–H and O–H groups in total. The predicted molar refractivity (Wildman–Crippen MR) is 157 cm³/mol. The van der Waals surface area contributed by atoms with Gasteiger partial charge in [-0.25, -0.2) is 9.79 Å². The van der Waals surface area contributed by atoms with E-state index in [0.717, 1.165) is 11.3 Å². The minimum atomic E-state index is -0.855. The number of ether oxygens (including phenoxy) is 4. The van der Waals surface area contributed by atoms with E-state index in [1.165, 1.54) is 44.1 Å². The summed E-state index contributed by atoms with van der Waals surface area (Å²) in [5, 5.41) is 11.7. The highest BCUT2D eigenvalue weighted by molar-refractivity contribution is 7.07. The zero-order chi connectivity index (χ0) is 30.8. The first-order chi connectivity index (χ1) is 20.7. The van der Waals surface area contributed by atoms with Crippen LogP contribution in [0.4, 0.5) is 5.69 Å². The molecule has 0 bridgehead atoms. The van der Waals surface area contributed by atoms with Crippen LogP contribution in [0.5, 0.6) is 17.2 Å². The van der Waals surface area contributed by atoms with Crippen LogP contribution in [-0.2, 0) is 9.53 Å². The highest BCUT2D eigenvalue weighted by atomic mass is 32.1. The molecule has 0 unspecified atom stereocenters. The molecule has 1 aliphatic heterocycles. The van der Waals surface area contributed by atoms with Crippen molar-refractivity contribution in [3.05, 3.63) is 101 Å². The maximum Gasteiger partial charge on any atom is 0.338 e. The van der Waals surface area contributed by atoms with E-state index in [2.05, 4.69) is 4.99 Å². The summed E-state index contributed by atoms with van der Waals surface area (Å²) in [4.78, 5) is 43.2. The lowest BCUT2D eigenvalue weighted by Crippen LogP contribution is -2.39. The summed E-state index contributed by atoms with van der Waals surface area (Å²) in [6, 6.07) is 12.0. The maximum absolute atomic E-state index is 13.9. The zero-order valence-corrected chi connectivity index (χ0v) is 24.7. The number of nitro groups is 1. The molecule has 12 nitrogen and oxygen atoms in total. The van der Waals surface area contributed by atoms with Gasteiger partial charge in [-0.05, 0) is 55.8 Å². The molecule has 2 aromatic carbocycles. The normalized spacial score (nSPS) is 14.6. The van der Waals surface area contributed by atoms with Gasteiger partial charge in [-0.3, -0.25) is 19.5 Å². The summed E-state index contributed by atoms with van der Waals surface area (Å²) in [6.45, 7) is 3.54. The summed E-state index contributed by atoms with van der Waals surface area (Å²) >= 11 is 1.12. The number of carbonyl (C=O) groups excluding carboxylic acids is 1. The number of carbonyl (C=O) groups is 1. The summed E-state index contributed by atoms with van der Waals surface area (Å²) in [7, 11) is 4.44. The van der Waals surface area contributed by atoms with Crippen LogP contribution in [0.2, 0.25) is 0 Å². The highest BCUT2D eigenvalue weighted by Crippen LogP contribution is 2.37. The summed E-state index contributed by atoms with van der Waals surface area (Å²) in [5.74, 6) is 1.21. The minimum Gasteiger partial charge on any atom is -0.497 e. The molecule has 2 aromatic heterocycles. The van der Waals surface area contributed by atoms with E-state index in [1.807, 2.05) is 0 Å². The predicted octanol–water partition coefficient (Wildman–Crippen LogP) is 3.99. The number of hydrogen-bond acceptors (Lipinski definition) is 11. The Labute approximate surface area is 248 Å². The molecular formula is C30H27N3O9S.